The van der Waals surface area contributed by atoms with Crippen LogP contribution in [0.5, 0.6) is 11.5 Å². The summed E-state index contributed by atoms with van der Waals surface area (Å²) in [6.07, 6.45) is 3.63. The predicted octanol–water partition coefficient (Wildman–Crippen LogP) is 15.5. The predicted molar refractivity (Wildman–Crippen MR) is 274 cm³/mol. The van der Waals surface area contributed by atoms with Crippen molar-refractivity contribution in [2.24, 2.45) is 11.3 Å². The van der Waals surface area contributed by atoms with Crippen molar-refractivity contribution in [3.8, 4) is 62.1 Å². The first-order valence-corrected chi connectivity index (χ1v) is 24.1. The number of rotatable bonds is 8. The smallest absolute Gasteiger partial charge is 0.0616 e. The van der Waals surface area contributed by atoms with Crippen molar-refractivity contribution in [2.75, 3.05) is 0 Å². The molecule has 0 amide bonds. The third kappa shape index (κ3) is 7.20. The number of aryl methyl sites for hydroxylation is 1. The third-order valence-corrected chi connectivity index (χ3v) is 14.6. The monoisotopic (exact) mass is 1060 g/mol. The number of imidazole rings is 1. The Morgan fingerprint density at radius 2 is 1.31 bits per heavy atom. The van der Waals surface area contributed by atoms with Crippen LogP contribution in [0.3, 0.4) is 0 Å². The number of ether oxygens (including phenoxy) is 1. The van der Waals surface area contributed by atoms with Crippen LogP contribution in [-0.2, 0) is 32.2 Å². The standard InChI is InChI=1S/C62H48N4O.Pt/c1-41-33-59(63-39-54(41)43-21-10-6-11-22-43)66-55-28-15-14-27-50(55)51-32-31-49(38-58(51)66)67-48-26-18-25-47(37-48)64-40-65(57-30-17-16-29-56(57)64)61-53(42-19-8-5-9-20-42)35-45-34-46(62(2,3)4)36-52(45)60(61)44-23-12-7-13-24-44;/h5-33,35,39,46H,34,36H2,1-4H3;/q-2;/i6D,10D,11D,21D,22D;. The number of hydrogen-bond donors (Lipinski definition) is 0. The summed E-state index contributed by atoms with van der Waals surface area (Å²) in [7, 11) is 0. The molecule has 6 heteroatoms. The molecule has 1 aliphatic carbocycles. The van der Waals surface area contributed by atoms with Gasteiger partial charge in [-0.1, -0.05) is 42.3 Å². The van der Waals surface area contributed by atoms with Gasteiger partial charge in [0.1, 0.15) is 0 Å². The molecule has 1 aliphatic rings. The van der Waals surface area contributed by atoms with E-state index in [9.17, 15) is 0 Å². The minimum atomic E-state index is -0.430. The maximum atomic E-state index is 8.63. The normalized spacial score (nSPS) is 14.7. The fraction of sp³-hybridized carbons (Fsp3) is 0.129. The average Bonchev–Trinajstić information content (AvgIpc) is 4.08. The molecule has 1 atom stereocenters. The Morgan fingerprint density at radius 1 is 0.632 bits per heavy atom. The van der Waals surface area contributed by atoms with E-state index in [0.29, 0.717) is 34.4 Å². The molecule has 1 unspecified atom stereocenters. The second-order valence-corrected chi connectivity index (χ2v) is 19.7. The second kappa shape index (κ2) is 16.8. The van der Waals surface area contributed by atoms with E-state index in [1.165, 1.54) is 33.4 Å². The molecule has 5 nitrogen and oxygen atoms in total. The first kappa shape index (κ1) is 36.7. The van der Waals surface area contributed by atoms with Gasteiger partial charge in [0.2, 0.25) is 0 Å². The molecule has 68 heavy (non-hydrogen) atoms. The second-order valence-electron chi connectivity index (χ2n) is 18.7. The topological polar surface area (TPSA) is 36.9 Å². The molecule has 0 fully saturated rings. The zero-order valence-electron chi connectivity index (χ0n) is 43.0. The molecule has 0 aliphatic heterocycles. The summed E-state index contributed by atoms with van der Waals surface area (Å²) in [4.78, 5) is 4.87. The first-order valence-electron chi connectivity index (χ1n) is 25.4. The number of aromatic nitrogens is 4. The molecule has 0 bridgehead atoms. The number of para-hydroxylation sites is 3. The minimum Gasteiger partial charge on any atom is -0.0616 e. The van der Waals surface area contributed by atoms with E-state index in [2.05, 4.69) is 165 Å². The third-order valence-electron chi connectivity index (χ3n) is 13.6. The molecule has 0 spiro atoms. The molecule has 11 aromatic rings. The molecule has 0 radical (unpaired) electrons. The Hall–Kier alpha value is -7.33. The average molecular weight is 1070 g/mol. The summed E-state index contributed by atoms with van der Waals surface area (Å²) in [5.74, 6) is 2.11. The molecule has 334 valence electrons. The van der Waals surface area contributed by atoms with E-state index in [-0.39, 0.29) is 35.1 Å². The van der Waals surface area contributed by atoms with Crippen molar-refractivity contribution in [1.82, 2.24) is 18.7 Å². The summed E-state index contributed by atoms with van der Waals surface area (Å²) < 4.78 is 56.4. The Labute approximate surface area is 415 Å². The van der Waals surface area contributed by atoms with Crippen molar-refractivity contribution < 1.29 is 30.9 Å². The minimum absolute atomic E-state index is 0.120. The van der Waals surface area contributed by atoms with E-state index in [1.807, 2.05) is 60.0 Å². The fourth-order valence-electron chi connectivity index (χ4n) is 10.1. The van der Waals surface area contributed by atoms with Crippen molar-refractivity contribution in [3.63, 3.8) is 0 Å². The molecule has 0 saturated carbocycles. The Kier molecular flexibility index (Phi) is 9.06. The number of benzene rings is 8. The van der Waals surface area contributed by atoms with Crippen LogP contribution in [-0.4, -0.2) is 18.7 Å². The number of pyridine rings is 1. The Morgan fingerprint density at radius 3 is 2.04 bits per heavy atom. The van der Waals surface area contributed by atoms with Crippen molar-refractivity contribution in [1.29, 1.82) is 0 Å². The molecule has 8 aromatic carbocycles. The fourth-order valence-corrected chi connectivity index (χ4v) is 11.2. The van der Waals surface area contributed by atoms with E-state index in [4.69, 9.17) is 16.6 Å². The van der Waals surface area contributed by atoms with Crippen LogP contribution in [0.15, 0.2) is 188 Å². The molecule has 3 heterocycles. The van der Waals surface area contributed by atoms with Gasteiger partial charge in [-0.2, -0.15) is 0 Å². The molecule has 0 saturated heterocycles. The maximum absolute atomic E-state index is 8.63. The number of fused-ring (bicyclic) bond motifs is 5. The van der Waals surface area contributed by atoms with Gasteiger partial charge in [0.25, 0.3) is 0 Å². The van der Waals surface area contributed by atoms with Crippen LogP contribution in [0.2, 0.25) is 0 Å². The van der Waals surface area contributed by atoms with E-state index < -0.39 is 6.04 Å². The summed E-state index contributed by atoms with van der Waals surface area (Å²) in [5.41, 5.74) is 14.9. The summed E-state index contributed by atoms with van der Waals surface area (Å²) >= 11 is 2.50. The van der Waals surface area contributed by atoms with Gasteiger partial charge in [-0.05, 0) is 18.1 Å². The van der Waals surface area contributed by atoms with Crippen molar-refractivity contribution in [3.05, 3.63) is 221 Å². The van der Waals surface area contributed by atoms with Gasteiger partial charge in [-0.3, -0.25) is 0 Å². The van der Waals surface area contributed by atoms with Gasteiger partial charge in [-0.15, -0.1) is 0 Å². The Balaban J connectivity index is 0.982. The number of hydrogen-bond acceptors (Lipinski definition) is 2. The van der Waals surface area contributed by atoms with Crippen LogP contribution in [0.1, 0.15) is 44.3 Å². The van der Waals surface area contributed by atoms with Gasteiger partial charge < -0.3 is 0 Å². The molecular weight excluding hydrogens is 1010 g/mol. The van der Waals surface area contributed by atoms with Crippen molar-refractivity contribution >= 4 is 32.8 Å². The zero-order valence-corrected chi connectivity index (χ0v) is 40.3. The zero-order chi connectivity index (χ0) is 50.4. The van der Waals surface area contributed by atoms with E-state index in [1.54, 1.807) is 6.20 Å². The van der Waals surface area contributed by atoms with Crippen LogP contribution in [0, 0.1) is 34.2 Å². The van der Waals surface area contributed by atoms with Gasteiger partial charge in [0.05, 0.1) is 6.85 Å². The quantitative estimate of drug-likeness (QED) is 0.142. The van der Waals surface area contributed by atoms with Gasteiger partial charge in [0, 0.05) is 11.8 Å². The van der Waals surface area contributed by atoms with Crippen LogP contribution in [0.4, 0.5) is 0 Å². The van der Waals surface area contributed by atoms with Gasteiger partial charge in [0.15, 0.2) is 0 Å². The summed E-state index contributed by atoms with van der Waals surface area (Å²) in [6.45, 7) is 8.99. The van der Waals surface area contributed by atoms with E-state index >= 15 is 0 Å². The van der Waals surface area contributed by atoms with Gasteiger partial charge >= 0.3 is 338 Å². The van der Waals surface area contributed by atoms with Crippen LogP contribution in [0.25, 0.3) is 83.4 Å². The molecule has 0 N–H and O–H groups in total. The van der Waals surface area contributed by atoms with Crippen LogP contribution < -0.4 is 4.74 Å². The SMILES string of the molecule is [2H]c1c([2H])c([2H])c(-c2cnc(-n3c4[c-]c(Oc5[c-]c(-n6[c](=[Pt])n(-c7c(-c8ccccc8)cc8c(c7-c7ccccc7)CC(C(C)(C)C)C8)c7ccccc76)ccc5)ccc4c4ccccc43)cc2C)c([2H])c1[2H]. The Bertz CT molecular complexity index is 4070. The van der Waals surface area contributed by atoms with E-state index in [0.717, 1.165) is 60.9 Å². The molecular formula is C62H48N4OPt-2. The summed E-state index contributed by atoms with van der Waals surface area (Å²) in [5, 5.41) is 1.96. The number of nitrogens with zero attached hydrogens (tertiary/aromatic N) is 4. The van der Waals surface area contributed by atoms with Crippen LogP contribution >= 0.6 is 0 Å². The van der Waals surface area contributed by atoms with Gasteiger partial charge in [-0.25, -0.2) is 0 Å². The molecule has 12 rings (SSSR count). The first-order chi connectivity index (χ1) is 35.3. The molecule has 3 aromatic heterocycles. The summed E-state index contributed by atoms with van der Waals surface area (Å²) in [6, 6.07) is 58.2. The van der Waals surface area contributed by atoms with Crippen molar-refractivity contribution in [2.45, 2.75) is 40.5 Å².